The van der Waals surface area contributed by atoms with Crippen LogP contribution in [0.3, 0.4) is 0 Å². The molecule has 8 heteroatoms. The van der Waals surface area contributed by atoms with Gasteiger partial charge in [-0.2, -0.15) is 0 Å². The second-order valence-electron chi connectivity index (χ2n) is 3.99. The van der Waals surface area contributed by atoms with Crippen molar-refractivity contribution in [2.45, 2.75) is 18.4 Å². The predicted molar refractivity (Wildman–Crippen MR) is 79.9 cm³/mol. The molecule has 0 unspecified atom stereocenters. The standard InChI is InChI=1S/C12H11BrFNO3S2/c1-7-11(5-8(6-16)19-7)20(17,18)15-12-9(13)3-2-4-10(12)14/h2-5,15-16H,6H2,1H3. The summed E-state index contributed by atoms with van der Waals surface area (Å²) in [6, 6.07) is 5.57. The van der Waals surface area contributed by atoms with Crippen LogP contribution in [0, 0.1) is 12.7 Å². The van der Waals surface area contributed by atoms with Crippen LogP contribution in [0.2, 0.25) is 0 Å². The highest BCUT2D eigenvalue weighted by Crippen LogP contribution is 2.31. The van der Waals surface area contributed by atoms with Gasteiger partial charge < -0.3 is 5.11 Å². The van der Waals surface area contributed by atoms with Crippen molar-refractivity contribution >= 4 is 43.0 Å². The van der Waals surface area contributed by atoms with E-state index in [9.17, 15) is 12.8 Å². The van der Waals surface area contributed by atoms with E-state index in [0.29, 0.717) is 14.2 Å². The second kappa shape index (κ2) is 5.80. The lowest BCUT2D eigenvalue weighted by Gasteiger charge is -2.10. The number of thiophene rings is 1. The third kappa shape index (κ3) is 3.03. The van der Waals surface area contributed by atoms with Gasteiger partial charge in [0.15, 0.2) is 0 Å². The number of anilines is 1. The van der Waals surface area contributed by atoms with Gasteiger partial charge in [0.2, 0.25) is 0 Å². The molecule has 1 aromatic carbocycles. The van der Waals surface area contributed by atoms with Crippen LogP contribution in [-0.4, -0.2) is 13.5 Å². The molecule has 0 aliphatic carbocycles. The molecule has 4 nitrogen and oxygen atoms in total. The summed E-state index contributed by atoms with van der Waals surface area (Å²) >= 11 is 4.29. The van der Waals surface area contributed by atoms with E-state index in [4.69, 9.17) is 5.11 Å². The normalized spacial score (nSPS) is 11.6. The minimum Gasteiger partial charge on any atom is -0.391 e. The third-order valence-corrected chi connectivity index (χ3v) is 5.87. The monoisotopic (exact) mass is 379 g/mol. The van der Waals surface area contributed by atoms with Crippen molar-refractivity contribution in [1.29, 1.82) is 0 Å². The summed E-state index contributed by atoms with van der Waals surface area (Å²) in [5.41, 5.74) is -0.136. The van der Waals surface area contributed by atoms with E-state index >= 15 is 0 Å². The Hall–Kier alpha value is -0.960. The quantitative estimate of drug-likeness (QED) is 0.856. The van der Waals surface area contributed by atoms with Gasteiger partial charge in [0.25, 0.3) is 10.0 Å². The molecule has 0 aliphatic heterocycles. The van der Waals surface area contributed by atoms with Crippen LogP contribution in [-0.2, 0) is 16.6 Å². The van der Waals surface area contributed by atoms with Gasteiger partial charge in [0, 0.05) is 14.2 Å². The molecule has 0 aliphatic rings. The molecule has 2 N–H and O–H groups in total. The fourth-order valence-electron chi connectivity index (χ4n) is 1.65. The molecule has 2 rings (SSSR count). The number of para-hydroxylation sites is 1. The average molecular weight is 380 g/mol. The largest absolute Gasteiger partial charge is 0.391 e. The number of sulfonamides is 1. The molecule has 0 amide bonds. The molecular formula is C12H11BrFNO3S2. The first-order chi connectivity index (χ1) is 9.35. The number of hydrogen-bond acceptors (Lipinski definition) is 4. The van der Waals surface area contributed by atoms with Crippen molar-refractivity contribution in [1.82, 2.24) is 0 Å². The number of benzene rings is 1. The maximum absolute atomic E-state index is 13.7. The van der Waals surface area contributed by atoms with Crippen LogP contribution in [0.4, 0.5) is 10.1 Å². The molecule has 1 heterocycles. The van der Waals surface area contributed by atoms with Crippen molar-refractivity contribution in [3.05, 3.63) is 44.3 Å². The second-order valence-corrected chi connectivity index (χ2v) is 7.84. The van der Waals surface area contributed by atoms with E-state index < -0.39 is 15.8 Å². The number of rotatable bonds is 4. The van der Waals surface area contributed by atoms with Crippen molar-refractivity contribution in [3.63, 3.8) is 0 Å². The van der Waals surface area contributed by atoms with Crippen LogP contribution < -0.4 is 4.72 Å². The molecule has 108 valence electrons. The summed E-state index contributed by atoms with van der Waals surface area (Å²) in [6.45, 7) is 1.40. The van der Waals surface area contributed by atoms with Gasteiger partial charge in [-0.3, -0.25) is 4.72 Å². The summed E-state index contributed by atoms with van der Waals surface area (Å²) in [7, 11) is -3.90. The topological polar surface area (TPSA) is 66.4 Å². The van der Waals surface area contributed by atoms with E-state index in [1.54, 1.807) is 13.0 Å². The minimum absolute atomic E-state index is 0.0432. The molecule has 0 spiro atoms. The van der Waals surface area contributed by atoms with Crippen molar-refractivity contribution in [2.75, 3.05) is 4.72 Å². The Morgan fingerprint density at radius 3 is 2.70 bits per heavy atom. The zero-order valence-corrected chi connectivity index (χ0v) is 13.6. The number of nitrogens with one attached hydrogen (secondary N) is 1. The van der Waals surface area contributed by atoms with Gasteiger partial charge in [-0.15, -0.1) is 11.3 Å². The fourth-order valence-corrected chi connectivity index (χ4v) is 4.81. The summed E-state index contributed by atoms with van der Waals surface area (Å²) in [4.78, 5) is 1.12. The molecule has 0 saturated heterocycles. The average Bonchev–Trinajstić information content (AvgIpc) is 2.76. The molecular weight excluding hydrogens is 369 g/mol. The van der Waals surface area contributed by atoms with Crippen molar-refractivity contribution in [3.8, 4) is 0 Å². The third-order valence-electron chi connectivity index (χ3n) is 2.57. The van der Waals surface area contributed by atoms with Crippen molar-refractivity contribution in [2.24, 2.45) is 0 Å². The van der Waals surface area contributed by atoms with Gasteiger partial charge in [0.05, 0.1) is 12.3 Å². The smallest absolute Gasteiger partial charge is 0.263 e. The number of halogens is 2. The molecule has 0 saturated carbocycles. The highest BCUT2D eigenvalue weighted by molar-refractivity contribution is 9.10. The van der Waals surface area contributed by atoms with Crippen LogP contribution in [0.15, 0.2) is 33.6 Å². The fraction of sp³-hybridized carbons (Fsp3) is 0.167. The van der Waals surface area contributed by atoms with E-state index in [1.807, 2.05) is 0 Å². The summed E-state index contributed by atoms with van der Waals surface area (Å²) < 4.78 is 40.8. The Kier molecular flexibility index (Phi) is 4.48. The lowest BCUT2D eigenvalue weighted by Crippen LogP contribution is -2.14. The van der Waals surface area contributed by atoms with Gasteiger partial charge in [-0.1, -0.05) is 6.07 Å². The van der Waals surface area contributed by atoms with E-state index in [2.05, 4.69) is 20.7 Å². The Morgan fingerprint density at radius 1 is 1.45 bits per heavy atom. The van der Waals surface area contributed by atoms with Crippen LogP contribution in [0.5, 0.6) is 0 Å². The predicted octanol–water partition coefficient (Wildman–Crippen LogP) is 3.25. The van der Waals surface area contributed by atoms with Crippen molar-refractivity contribution < 1.29 is 17.9 Å². The van der Waals surface area contributed by atoms with Gasteiger partial charge in [-0.05, 0) is 41.1 Å². The summed E-state index contributed by atoms with van der Waals surface area (Å²) in [6.07, 6.45) is 0. The number of hydrogen-bond donors (Lipinski definition) is 2. The number of aliphatic hydroxyl groups is 1. The molecule has 1 aromatic heterocycles. The van der Waals surface area contributed by atoms with Crippen LogP contribution >= 0.6 is 27.3 Å². The maximum atomic E-state index is 13.7. The van der Waals surface area contributed by atoms with E-state index in [-0.39, 0.29) is 17.2 Å². The summed E-state index contributed by atoms with van der Waals surface area (Å²) in [5.74, 6) is -0.668. The molecule has 0 atom stereocenters. The Labute approximate surface area is 128 Å². The lowest BCUT2D eigenvalue weighted by molar-refractivity contribution is 0.285. The van der Waals surface area contributed by atoms with Gasteiger partial charge >= 0.3 is 0 Å². The highest BCUT2D eigenvalue weighted by atomic mass is 79.9. The molecule has 0 bridgehead atoms. The Balaban J connectivity index is 2.43. The highest BCUT2D eigenvalue weighted by Gasteiger charge is 2.22. The molecule has 0 fully saturated rings. The Bertz CT molecular complexity index is 723. The molecule has 0 radical (unpaired) electrons. The lowest BCUT2D eigenvalue weighted by atomic mass is 10.3. The minimum atomic E-state index is -3.90. The number of aryl methyl sites for hydroxylation is 1. The first kappa shape index (κ1) is 15.4. The first-order valence-corrected chi connectivity index (χ1v) is 8.61. The SMILES string of the molecule is Cc1sc(CO)cc1S(=O)(=O)Nc1c(F)cccc1Br. The Morgan fingerprint density at radius 2 is 2.15 bits per heavy atom. The maximum Gasteiger partial charge on any atom is 0.263 e. The van der Waals surface area contributed by atoms with E-state index in [0.717, 1.165) is 0 Å². The molecule has 2 aromatic rings. The van der Waals surface area contributed by atoms with Crippen LogP contribution in [0.1, 0.15) is 9.75 Å². The zero-order chi connectivity index (χ0) is 14.9. The van der Waals surface area contributed by atoms with Gasteiger partial charge in [0.1, 0.15) is 10.7 Å². The first-order valence-electron chi connectivity index (χ1n) is 5.52. The van der Waals surface area contributed by atoms with Crippen LogP contribution in [0.25, 0.3) is 0 Å². The van der Waals surface area contributed by atoms with E-state index in [1.165, 1.54) is 29.5 Å². The van der Waals surface area contributed by atoms with Gasteiger partial charge in [-0.25, -0.2) is 12.8 Å². The zero-order valence-electron chi connectivity index (χ0n) is 10.4. The summed E-state index contributed by atoms with van der Waals surface area (Å²) in [5, 5.41) is 9.05. The molecule has 20 heavy (non-hydrogen) atoms. The number of aliphatic hydroxyl groups excluding tert-OH is 1.